The van der Waals surface area contributed by atoms with E-state index >= 15 is 0 Å². The molecule has 1 amide bonds. The number of para-hydroxylation sites is 3. The predicted molar refractivity (Wildman–Crippen MR) is 112 cm³/mol. The van der Waals surface area contributed by atoms with Crippen molar-refractivity contribution in [3.63, 3.8) is 0 Å². The number of amides is 1. The van der Waals surface area contributed by atoms with Crippen molar-refractivity contribution in [2.75, 3.05) is 50.1 Å². The van der Waals surface area contributed by atoms with E-state index in [-0.39, 0.29) is 5.91 Å². The average Bonchev–Trinajstić information content (AvgIpc) is 2.74. The van der Waals surface area contributed by atoms with Crippen LogP contribution in [0.5, 0.6) is 5.75 Å². The van der Waals surface area contributed by atoms with Crippen molar-refractivity contribution in [2.24, 2.45) is 0 Å². The van der Waals surface area contributed by atoms with Crippen molar-refractivity contribution in [1.29, 1.82) is 0 Å². The van der Waals surface area contributed by atoms with Crippen LogP contribution in [0.1, 0.15) is 0 Å². The number of ether oxygens (including phenoxy) is 1. The second-order valence-corrected chi connectivity index (χ2v) is 6.86. The van der Waals surface area contributed by atoms with Crippen molar-refractivity contribution >= 4 is 28.2 Å². The number of rotatable bonds is 5. The Balaban J connectivity index is 1.35. The summed E-state index contributed by atoms with van der Waals surface area (Å²) in [5.41, 5.74) is 2.69. The zero-order chi connectivity index (χ0) is 19.3. The number of methoxy groups -OCH3 is 1. The van der Waals surface area contributed by atoms with Gasteiger partial charge < -0.3 is 15.0 Å². The molecule has 0 saturated carbocycles. The lowest BCUT2D eigenvalue weighted by atomic mass is 10.2. The molecule has 2 heterocycles. The molecule has 144 valence electrons. The maximum atomic E-state index is 12.6. The molecule has 1 aliphatic rings. The standard InChI is InChI=1S/C22H24N4O2/c1-28-20-10-3-2-9-19(20)26-14-12-25(13-15-26)16-21(27)24-18-8-4-6-17-7-5-11-23-22(17)18/h2-11H,12-16H2,1H3,(H,24,27). The molecule has 1 aromatic heterocycles. The van der Waals surface area contributed by atoms with E-state index in [1.54, 1.807) is 13.3 Å². The van der Waals surface area contributed by atoms with Crippen LogP contribution in [0.3, 0.4) is 0 Å². The lowest BCUT2D eigenvalue weighted by Crippen LogP contribution is -2.48. The Labute approximate surface area is 164 Å². The summed E-state index contributed by atoms with van der Waals surface area (Å²) in [5, 5.41) is 4.04. The lowest BCUT2D eigenvalue weighted by Gasteiger charge is -2.36. The quantitative estimate of drug-likeness (QED) is 0.742. The molecule has 0 bridgehead atoms. The highest BCUT2D eigenvalue weighted by molar-refractivity contribution is 6.00. The van der Waals surface area contributed by atoms with Crippen LogP contribution in [0.25, 0.3) is 10.9 Å². The maximum absolute atomic E-state index is 12.6. The third-order valence-corrected chi connectivity index (χ3v) is 5.07. The summed E-state index contributed by atoms with van der Waals surface area (Å²) in [6.45, 7) is 3.77. The van der Waals surface area contributed by atoms with Crippen LogP contribution in [-0.4, -0.2) is 55.6 Å². The Kier molecular flexibility index (Phi) is 5.39. The van der Waals surface area contributed by atoms with Crippen LogP contribution in [0.4, 0.5) is 11.4 Å². The minimum atomic E-state index is -0.0103. The number of anilines is 2. The first-order valence-electron chi connectivity index (χ1n) is 9.48. The molecule has 2 aromatic carbocycles. The van der Waals surface area contributed by atoms with Crippen molar-refractivity contribution in [2.45, 2.75) is 0 Å². The summed E-state index contributed by atoms with van der Waals surface area (Å²) in [4.78, 5) is 21.4. The summed E-state index contributed by atoms with van der Waals surface area (Å²) in [7, 11) is 1.70. The van der Waals surface area contributed by atoms with Gasteiger partial charge in [0.2, 0.25) is 5.91 Å². The SMILES string of the molecule is COc1ccccc1N1CCN(CC(=O)Nc2cccc3cccnc23)CC1. The number of carbonyl (C=O) groups is 1. The van der Waals surface area contributed by atoms with Crippen LogP contribution in [0.2, 0.25) is 0 Å². The number of benzene rings is 2. The molecule has 6 heteroatoms. The summed E-state index contributed by atoms with van der Waals surface area (Å²) in [6, 6.07) is 17.8. The summed E-state index contributed by atoms with van der Waals surface area (Å²) < 4.78 is 5.47. The van der Waals surface area contributed by atoms with Gasteiger partial charge in [0, 0.05) is 37.8 Å². The molecule has 6 nitrogen and oxygen atoms in total. The minimum absolute atomic E-state index is 0.0103. The number of pyridine rings is 1. The number of hydrogen-bond donors (Lipinski definition) is 1. The van der Waals surface area contributed by atoms with Crippen LogP contribution in [0, 0.1) is 0 Å². The molecule has 0 spiro atoms. The Hall–Kier alpha value is -3.12. The van der Waals surface area contributed by atoms with Crippen LogP contribution in [0.15, 0.2) is 60.8 Å². The van der Waals surface area contributed by atoms with Gasteiger partial charge in [-0.15, -0.1) is 0 Å². The Morgan fingerprint density at radius 2 is 1.82 bits per heavy atom. The number of hydrogen-bond acceptors (Lipinski definition) is 5. The molecule has 0 atom stereocenters. The number of aromatic nitrogens is 1. The molecular formula is C22H24N4O2. The molecule has 0 aliphatic carbocycles. The van der Waals surface area contributed by atoms with Crippen molar-refractivity contribution in [3.05, 3.63) is 60.8 Å². The van der Waals surface area contributed by atoms with Gasteiger partial charge in [0.1, 0.15) is 5.75 Å². The van der Waals surface area contributed by atoms with Gasteiger partial charge in [0.05, 0.1) is 30.5 Å². The fourth-order valence-electron chi connectivity index (χ4n) is 3.64. The van der Waals surface area contributed by atoms with E-state index in [4.69, 9.17) is 4.74 Å². The highest BCUT2D eigenvalue weighted by Crippen LogP contribution is 2.28. The van der Waals surface area contributed by atoms with E-state index in [0.717, 1.165) is 54.2 Å². The smallest absolute Gasteiger partial charge is 0.238 e. The minimum Gasteiger partial charge on any atom is -0.495 e. The van der Waals surface area contributed by atoms with Gasteiger partial charge in [-0.1, -0.05) is 30.3 Å². The van der Waals surface area contributed by atoms with Crippen molar-refractivity contribution in [1.82, 2.24) is 9.88 Å². The average molecular weight is 376 g/mol. The van der Waals surface area contributed by atoms with Crippen molar-refractivity contribution < 1.29 is 9.53 Å². The van der Waals surface area contributed by atoms with Gasteiger partial charge in [0.15, 0.2) is 0 Å². The molecule has 1 N–H and O–H groups in total. The monoisotopic (exact) mass is 376 g/mol. The third kappa shape index (κ3) is 3.92. The molecule has 1 fully saturated rings. The van der Waals surface area contributed by atoms with Gasteiger partial charge in [0.25, 0.3) is 0 Å². The van der Waals surface area contributed by atoms with E-state index in [9.17, 15) is 4.79 Å². The summed E-state index contributed by atoms with van der Waals surface area (Å²) in [6.07, 6.45) is 1.75. The topological polar surface area (TPSA) is 57.7 Å². The molecule has 1 saturated heterocycles. The highest BCUT2D eigenvalue weighted by atomic mass is 16.5. The summed E-state index contributed by atoms with van der Waals surface area (Å²) in [5.74, 6) is 0.876. The van der Waals surface area contributed by atoms with Crippen LogP contribution >= 0.6 is 0 Å². The fourth-order valence-corrected chi connectivity index (χ4v) is 3.64. The number of piperazine rings is 1. The Morgan fingerprint density at radius 3 is 2.64 bits per heavy atom. The molecule has 1 aliphatic heterocycles. The van der Waals surface area contributed by atoms with E-state index in [1.807, 2.05) is 48.5 Å². The van der Waals surface area contributed by atoms with Gasteiger partial charge in [-0.25, -0.2) is 0 Å². The van der Waals surface area contributed by atoms with Crippen LogP contribution < -0.4 is 15.0 Å². The van der Waals surface area contributed by atoms with Gasteiger partial charge in [-0.3, -0.25) is 14.7 Å². The maximum Gasteiger partial charge on any atom is 0.238 e. The highest BCUT2D eigenvalue weighted by Gasteiger charge is 2.21. The second-order valence-electron chi connectivity index (χ2n) is 6.86. The number of nitrogens with one attached hydrogen (secondary N) is 1. The predicted octanol–water partition coefficient (Wildman–Crippen LogP) is 3.00. The molecule has 3 aromatic rings. The number of nitrogens with zero attached hydrogens (tertiary/aromatic N) is 3. The zero-order valence-electron chi connectivity index (χ0n) is 16.0. The van der Waals surface area contributed by atoms with Gasteiger partial charge in [-0.05, 0) is 24.3 Å². The molecule has 0 unspecified atom stereocenters. The number of carbonyl (C=O) groups excluding carboxylic acids is 1. The van der Waals surface area contributed by atoms with Crippen LogP contribution in [-0.2, 0) is 4.79 Å². The largest absolute Gasteiger partial charge is 0.495 e. The lowest BCUT2D eigenvalue weighted by molar-refractivity contribution is -0.117. The fraction of sp³-hybridized carbons (Fsp3) is 0.273. The molecular weight excluding hydrogens is 352 g/mol. The molecule has 4 rings (SSSR count). The second kappa shape index (κ2) is 8.27. The van der Waals surface area contributed by atoms with E-state index in [1.165, 1.54) is 0 Å². The molecule has 0 radical (unpaired) electrons. The Bertz CT molecular complexity index is 962. The third-order valence-electron chi connectivity index (χ3n) is 5.07. The van der Waals surface area contributed by atoms with Gasteiger partial charge >= 0.3 is 0 Å². The zero-order valence-corrected chi connectivity index (χ0v) is 16.0. The summed E-state index contributed by atoms with van der Waals surface area (Å²) >= 11 is 0. The van der Waals surface area contributed by atoms with Gasteiger partial charge in [-0.2, -0.15) is 0 Å². The normalized spacial score (nSPS) is 14.8. The van der Waals surface area contributed by atoms with Crippen molar-refractivity contribution in [3.8, 4) is 5.75 Å². The first-order valence-corrected chi connectivity index (χ1v) is 9.48. The first kappa shape index (κ1) is 18.3. The molecule has 28 heavy (non-hydrogen) atoms. The van der Waals surface area contributed by atoms with E-state index < -0.39 is 0 Å². The van der Waals surface area contributed by atoms with E-state index in [2.05, 4.69) is 26.2 Å². The van der Waals surface area contributed by atoms with E-state index in [0.29, 0.717) is 6.54 Å². The Morgan fingerprint density at radius 1 is 1.04 bits per heavy atom. The first-order chi connectivity index (χ1) is 13.7. The number of fused-ring (bicyclic) bond motifs is 1.